The van der Waals surface area contributed by atoms with Crippen LogP contribution in [0.4, 0.5) is 0 Å². The molecule has 0 saturated heterocycles. The van der Waals surface area contributed by atoms with Gasteiger partial charge in [-0.25, -0.2) is 19.9 Å². The van der Waals surface area contributed by atoms with Gasteiger partial charge in [0, 0.05) is 65.6 Å². The van der Waals surface area contributed by atoms with Crippen LogP contribution in [0.2, 0.25) is 0 Å². The predicted octanol–water partition coefficient (Wildman–Crippen LogP) is 11.8. The molecule has 6 aromatic carbocycles. The number of aromatic nitrogens is 5. The molecule has 244 valence electrons. The highest BCUT2D eigenvalue weighted by atomic mass is 32.1. The molecule has 4 aromatic heterocycles. The second-order valence-electron chi connectivity index (χ2n) is 13.3. The van der Waals surface area contributed by atoms with Crippen molar-refractivity contribution in [2.75, 3.05) is 0 Å². The number of thiophene rings is 1. The van der Waals surface area contributed by atoms with E-state index in [-0.39, 0.29) is 0 Å². The van der Waals surface area contributed by atoms with E-state index >= 15 is 0 Å². The van der Waals surface area contributed by atoms with E-state index in [0.717, 1.165) is 52.3 Å². The highest BCUT2D eigenvalue weighted by Crippen LogP contribution is 2.50. The molecule has 52 heavy (non-hydrogen) atoms. The van der Waals surface area contributed by atoms with Crippen LogP contribution in [-0.2, 0) is 6.42 Å². The van der Waals surface area contributed by atoms with E-state index in [1.807, 2.05) is 54.2 Å². The SMILES string of the molecule is C1=Cc2c(c3c4cc(-c5ncccn5)ccc4sc3c3c4c5ccccc5ccc4n(-c4cnc(-c5ccccc5)nc4-c4ccccc4)c23)CC1. The Morgan fingerprint density at radius 3 is 2.25 bits per heavy atom. The lowest BCUT2D eigenvalue weighted by atomic mass is 9.89. The average Bonchev–Trinajstić information content (AvgIpc) is 3.78. The van der Waals surface area contributed by atoms with Crippen LogP contribution in [0.1, 0.15) is 17.5 Å². The van der Waals surface area contributed by atoms with Crippen LogP contribution >= 0.6 is 11.3 Å². The van der Waals surface area contributed by atoms with Crippen LogP contribution in [0, 0.1) is 0 Å². The third kappa shape index (κ3) is 4.34. The fourth-order valence-corrected chi connectivity index (χ4v) is 9.43. The Kier molecular flexibility index (Phi) is 6.48. The molecule has 0 aliphatic heterocycles. The number of fused-ring (bicyclic) bond motifs is 12. The second kappa shape index (κ2) is 11.5. The van der Waals surface area contributed by atoms with Gasteiger partial charge in [0.1, 0.15) is 0 Å². The summed E-state index contributed by atoms with van der Waals surface area (Å²) >= 11 is 1.89. The van der Waals surface area contributed by atoms with E-state index in [1.165, 1.54) is 58.4 Å². The van der Waals surface area contributed by atoms with Gasteiger partial charge in [-0.1, -0.05) is 103 Å². The first-order valence-electron chi connectivity index (χ1n) is 17.6. The number of aryl methyl sites for hydroxylation is 1. The van der Waals surface area contributed by atoms with Crippen molar-refractivity contribution in [2.24, 2.45) is 0 Å². The quantitative estimate of drug-likeness (QED) is 0.185. The van der Waals surface area contributed by atoms with E-state index in [4.69, 9.17) is 9.97 Å². The fraction of sp³-hybridized carbons (Fsp3) is 0.0435. The van der Waals surface area contributed by atoms with Gasteiger partial charge < -0.3 is 4.57 Å². The molecular weight excluding hydrogens is 655 g/mol. The molecule has 0 atom stereocenters. The summed E-state index contributed by atoms with van der Waals surface area (Å²) in [6.07, 6.45) is 12.3. The number of hydrogen-bond acceptors (Lipinski definition) is 5. The zero-order valence-electron chi connectivity index (χ0n) is 28.0. The Bertz CT molecular complexity index is 3050. The Morgan fingerprint density at radius 2 is 1.40 bits per heavy atom. The zero-order chi connectivity index (χ0) is 34.2. The van der Waals surface area contributed by atoms with E-state index in [2.05, 4.69) is 124 Å². The topological polar surface area (TPSA) is 56.5 Å². The third-order valence-corrected chi connectivity index (χ3v) is 11.6. The van der Waals surface area contributed by atoms with E-state index in [1.54, 1.807) is 0 Å². The summed E-state index contributed by atoms with van der Waals surface area (Å²) in [5.74, 6) is 1.45. The first-order chi connectivity index (χ1) is 25.8. The standard InChI is InChI=1S/C46H29N5S/c1-3-13-29(14-4-1)42-37(27-49-46(50-42)30-15-5-2-6-16-30)51-36-22-20-28-12-7-8-17-32(28)40(36)41-43(51)34-19-10-9-18-33(34)39-35-26-31(45-47-24-11-25-48-45)21-23-38(35)52-44(39)41/h1-8,10-17,19-27H,9,18H2. The van der Waals surface area contributed by atoms with Gasteiger partial charge in [-0.05, 0) is 59.5 Å². The first kappa shape index (κ1) is 29.3. The molecule has 4 heterocycles. The van der Waals surface area contributed by atoms with Crippen LogP contribution in [0.3, 0.4) is 0 Å². The molecule has 1 aliphatic carbocycles. The Morgan fingerprint density at radius 1 is 0.615 bits per heavy atom. The fourth-order valence-electron chi connectivity index (χ4n) is 8.17. The van der Waals surface area contributed by atoms with Gasteiger partial charge in [-0.3, -0.25) is 0 Å². The Hall–Kier alpha value is -6.50. The summed E-state index contributed by atoms with van der Waals surface area (Å²) in [5.41, 5.74) is 9.94. The molecule has 0 saturated carbocycles. The summed E-state index contributed by atoms with van der Waals surface area (Å²) in [4.78, 5) is 19.6. The van der Waals surface area contributed by atoms with Gasteiger partial charge >= 0.3 is 0 Å². The number of benzene rings is 6. The van der Waals surface area contributed by atoms with E-state index in [0.29, 0.717) is 5.82 Å². The first-order valence-corrected chi connectivity index (χ1v) is 18.4. The lowest BCUT2D eigenvalue weighted by Gasteiger charge is -2.19. The maximum Gasteiger partial charge on any atom is 0.159 e. The van der Waals surface area contributed by atoms with E-state index in [9.17, 15) is 0 Å². The van der Waals surface area contributed by atoms with Crippen molar-refractivity contribution >= 4 is 70.2 Å². The maximum absolute atomic E-state index is 5.33. The lowest BCUT2D eigenvalue weighted by molar-refractivity contribution is 0.997. The van der Waals surface area contributed by atoms with Crippen molar-refractivity contribution in [3.8, 4) is 39.7 Å². The molecule has 0 bridgehead atoms. The molecule has 0 spiro atoms. The molecule has 1 aliphatic rings. The van der Waals surface area contributed by atoms with Crippen molar-refractivity contribution < 1.29 is 0 Å². The summed E-state index contributed by atoms with van der Waals surface area (Å²) in [6, 6.07) is 42.7. The number of rotatable bonds is 4. The van der Waals surface area contributed by atoms with Gasteiger partial charge in [0.05, 0.1) is 28.6 Å². The lowest BCUT2D eigenvalue weighted by Crippen LogP contribution is -2.05. The molecular formula is C46H29N5S. The number of hydrogen-bond donors (Lipinski definition) is 0. The predicted molar refractivity (Wildman–Crippen MR) is 216 cm³/mol. The van der Waals surface area contributed by atoms with Crippen molar-refractivity contribution in [3.63, 3.8) is 0 Å². The number of allylic oxidation sites excluding steroid dienone is 1. The maximum atomic E-state index is 5.33. The van der Waals surface area contributed by atoms with Crippen molar-refractivity contribution in [2.45, 2.75) is 12.8 Å². The van der Waals surface area contributed by atoms with Crippen LogP contribution < -0.4 is 0 Å². The molecule has 0 unspecified atom stereocenters. The Balaban J connectivity index is 1.33. The molecule has 0 radical (unpaired) electrons. The van der Waals surface area contributed by atoms with Gasteiger partial charge in [0.25, 0.3) is 0 Å². The van der Waals surface area contributed by atoms with Gasteiger partial charge in [0.2, 0.25) is 0 Å². The minimum absolute atomic E-state index is 0.710. The smallest absolute Gasteiger partial charge is 0.159 e. The van der Waals surface area contributed by atoms with Crippen molar-refractivity contribution in [1.82, 2.24) is 24.5 Å². The summed E-state index contributed by atoms with van der Waals surface area (Å²) in [7, 11) is 0. The van der Waals surface area contributed by atoms with Crippen LogP contribution in [0.15, 0.2) is 146 Å². The second-order valence-corrected chi connectivity index (χ2v) is 14.4. The highest BCUT2D eigenvalue weighted by molar-refractivity contribution is 7.27. The molecule has 6 heteroatoms. The minimum atomic E-state index is 0.710. The van der Waals surface area contributed by atoms with Crippen LogP contribution in [0.5, 0.6) is 0 Å². The monoisotopic (exact) mass is 683 g/mol. The molecule has 5 nitrogen and oxygen atoms in total. The highest BCUT2D eigenvalue weighted by Gasteiger charge is 2.27. The van der Waals surface area contributed by atoms with Crippen molar-refractivity contribution in [3.05, 3.63) is 157 Å². The average molecular weight is 684 g/mol. The number of nitrogens with zero attached hydrogens (tertiary/aromatic N) is 5. The molecule has 0 fully saturated rings. The molecule has 11 rings (SSSR count). The minimum Gasteiger partial charge on any atom is -0.305 e. The van der Waals surface area contributed by atoms with Crippen LogP contribution in [-0.4, -0.2) is 24.5 Å². The van der Waals surface area contributed by atoms with Gasteiger partial charge in [-0.2, -0.15) is 0 Å². The van der Waals surface area contributed by atoms with Gasteiger partial charge in [0.15, 0.2) is 11.6 Å². The zero-order valence-corrected chi connectivity index (χ0v) is 28.8. The Labute approximate surface area is 303 Å². The molecule has 10 aromatic rings. The normalized spacial score (nSPS) is 12.8. The van der Waals surface area contributed by atoms with Crippen molar-refractivity contribution in [1.29, 1.82) is 0 Å². The molecule has 0 amide bonds. The molecule has 0 N–H and O–H groups in total. The summed E-state index contributed by atoms with van der Waals surface area (Å²) in [5, 5.41) is 7.60. The largest absolute Gasteiger partial charge is 0.305 e. The van der Waals surface area contributed by atoms with Crippen LogP contribution in [0.25, 0.3) is 98.5 Å². The summed E-state index contributed by atoms with van der Waals surface area (Å²) < 4.78 is 5.03. The van der Waals surface area contributed by atoms with E-state index < -0.39 is 0 Å². The third-order valence-electron chi connectivity index (χ3n) is 10.4. The van der Waals surface area contributed by atoms with Gasteiger partial charge in [-0.15, -0.1) is 11.3 Å². The summed E-state index contributed by atoms with van der Waals surface area (Å²) in [6.45, 7) is 0.